The van der Waals surface area contributed by atoms with Crippen LogP contribution in [0.15, 0.2) is 30.3 Å². The molecule has 0 radical (unpaired) electrons. The number of amides is 1. The summed E-state index contributed by atoms with van der Waals surface area (Å²) in [6, 6.07) is 8.40. The number of unbranched alkanes of at least 4 members (excludes halogenated alkanes) is 1. The van der Waals surface area contributed by atoms with Gasteiger partial charge >= 0.3 is 6.09 Å². The molecule has 1 aromatic rings. The normalized spacial score (nSPS) is 12.7. The maximum absolute atomic E-state index is 11.7. The van der Waals surface area contributed by atoms with Crippen LogP contribution in [-0.4, -0.2) is 34.0 Å². The maximum Gasteiger partial charge on any atom is 0.407 e. The summed E-state index contributed by atoms with van der Waals surface area (Å²) in [7, 11) is -3.58. The van der Waals surface area contributed by atoms with Crippen molar-refractivity contribution in [3.8, 4) is 0 Å². The fourth-order valence-electron chi connectivity index (χ4n) is 1.59. The lowest BCUT2D eigenvalue weighted by atomic mass is 10.1. The van der Waals surface area contributed by atoms with Gasteiger partial charge in [-0.3, -0.25) is 4.18 Å². The summed E-state index contributed by atoms with van der Waals surface area (Å²) in [4.78, 5) is 11.7. The first kappa shape index (κ1) is 17.5. The minimum atomic E-state index is -3.58. The predicted molar refractivity (Wildman–Crippen MR) is 79.4 cm³/mol. The molecule has 0 aromatic heterocycles. The third kappa shape index (κ3) is 7.67. The zero-order chi connectivity index (χ0) is 15.7. The topological polar surface area (TPSA) is 81.7 Å². The Morgan fingerprint density at radius 2 is 1.95 bits per heavy atom. The fourth-order valence-corrected chi connectivity index (χ4v) is 1.97. The fraction of sp³-hybridized carbons (Fsp3) is 0.500. The molecule has 1 aromatic carbocycles. The Labute approximate surface area is 125 Å². The van der Waals surface area contributed by atoms with Crippen LogP contribution < -0.4 is 5.32 Å². The number of ether oxygens (including phenoxy) is 1. The molecule has 1 amide bonds. The van der Waals surface area contributed by atoms with Gasteiger partial charge in [-0.1, -0.05) is 43.7 Å². The first-order valence-corrected chi connectivity index (χ1v) is 8.56. The van der Waals surface area contributed by atoms with Crippen molar-refractivity contribution in [1.29, 1.82) is 0 Å². The second-order valence-electron chi connectivity index (χ2n) is 4.59. The Balaban J connectivity index is 2.66. The summed E-state index contributed by atoms with van der Waals surface area (Å²) in [6.45, 7) is 2.15. The quantitative estimate of drug-likeness (QED) is 0.587. The Kier molecular flexibility index (Phi) is 7.18. The molecule has 7 heteroatoms. The lowest BCUT2D eigenvalue weighted by Crippen LogP contribution is -2.32. The first-order valence-electron chi connectivity index (χ1n) is 6.75. The van der Waals surface area contributed by atoms with Crippen LogP contribution in [0, 0.1) is 0 Å². The molecule has 6 nitrogen and oxygen atoms in total. The van der Waals surface area contributed by atoms with Crippen LogP contribution in [-0.2, 0) is 19.0 Å². The molecule has 1 rings (SSSR count). The molecule has 118 valence electrons. The van der Waals surface area contributed by atoms with E-state index in [-0.39, 0.29) is 6.61 Å². The minimum absolute atomic E-state index is 0.175. The molecule has 1 atom stereocenters. The first-order chi connectivity index (χ1) is 9.92. The van der Waals surface area contributed by atoms with Gasteiger partial charge in [0.15, 0.2) is 0 Å². The molecule has 21 heavy (non-hydrogen) atoms. The maximum atomic E-state index is 11.7. The second-order valence-corrected chi connectivity index (χ2v) is 6.23. The third-order valence-electron chi connectivity index (χ3n) is 2.67. The van der Waals surface area contributed by atoms with Crippen molar-refractivity contribution in [1.82, 2.24) is 5.32 Å². The molecule has 0 fully saturated rings. The average Bonchev–Trinajstić information content (AvgIpc) is 2.43. The number of hydrogen-bond acceptors (Lipinski definition) is 5. The molecule has 0 aliphatic carbocycles. The molecule has 1 unspecified atom stereocenters. The lowest BCUT2D eigenvalue weighted by Gasteiger charge is -2.18. The lowest BCUT2D eigenvalue weighted by molar-refractivity contribution is 0.136. The van der Waals surface area contributed by atoms with Crippen molar-refractivity contribution in [2.75, 3.05) is 19.5 Å². The highest BCUT2D eigenvalue weighted by Gasteiger charge is 2.17. The Bertz CT molecular complexity index is 530. The van der Waals surface area contributed by atoms with Crippen molar-refractivity contribution in [3.63, 3.8) is 0 Å². The van der Waals surface area contributed by atoms with E-state index >= 15 is 0 Å². The summed E-state index contributed by atoms with van der Waals surface area (Å²) < 4.78 is 32.0. The van der Waals surface area contributed by atoms with Crippen molar-refractivity contribution < 1.29 is 22.1 Å². The number of carbonyl (C=O) groups excluding carboxylic acids is 1. The number of alkyl carbamates (subject to hydrolysis) is 1. The monoisotopic (exact) mass is 315 g/mol. The molecule has 0 spiro atoms. The molecule has 0 saturated heterocycles. The molecular weight excluding hydrogens is 294 g/mol. The van der Waals surface area contributed by atoms with E-state index in [1.54, 1.807) is 24.3 Å². The van der Waals surface area contributed by atoms with Gasteiger partial charge in [-0.2, -0.15) is 8.42 Å². The van der Waals surface area contributed by atoms with Crippen molar-refractivity contribution >= 4 is 16.2 Å². The standard InChI is InChI=1S/C14H21NO5S/c1-3-4-10-19-14(16)15-13(11-20-21(2,17)18)12-8-6-5-7-9-12/h5-9,13H,3-4,10-11H2,1-2H3,(H,15,16). The summed E-state index contributed by atoms with van der Waals surface area (Å²) in [5.41, 5.74) is 0.744. The summed E-state index contributed by atoms with van der Waals surface area (Å²) in [6.07, 6.45) is 2.08. The number of benzene rings is 1. The van der Waals surface area contributed by atoms with Gasteiger partial charge in [0, 0.05) is 0 Å². The van der Waals surface area contributed by atoms with E-state index in [0.29, 0.717) is 6.61 Å². The van der Waals surface area contributed by atoms with Gasteiger partial charge < -0.3 is 10.1 Å². The summed E-state index contributed by atoms with van der Waals surface area (Å²) in [5, 5.41) is 2.61. The highest BCUT2D eigenvalue weighted by Crippen LogP contribution is 2.14. The van der Waals surface area contributed by atoms with E-state index in [1.165, 1.54) is 0 Å². The van der Waals surface area contributed by atoms with Crippen LogP contribution in [0.3, 0.4) is 0 Å². The summed E-state index contributed by atoms with van der Waals surface area (Å²) >= 11 is 0. The van der Waals surface area contributed by atoms with Gasteiger partial charge in [0.25, 0.3) is 10.1 Å². The average molecular weight is 315 g/mol. The van der Waals surface area contributed by atoms with Gasteiger partial charge in [-0.15, -0.1) is 0 Å². The Morgan fingerprint density at radius 3 is 2.52 bits per heavy atom. The molecule has 0 bridgehead atoms. The number of hydrogen-bond donors (Lipinski definition) is 1. The van der Waals surface area contributed by atoms with Crippen molar-refractivity contribution in [2.45, 2.75) is 25.8 Å². The van der Waals surface area contributed by atoms with Crippen LogP contribution in [0.1, 0.15) is 31.4 Å². The predicted octanol–water partition coefficient (Wildman–Crippen LogP) is 2.23. The molecule has 0 heterocycles. The minimum Gasteiger partial charge on any atom is -0.450 e. The molecular formula is C14H21NO5S. The van der Waals surface area contributed by atoms with Gasteiger partial charge in [-0.05, 0) is 12.0 Å². The second kappa shape index (κ2) is 8.63. The van der Waals surface area contributed by atoms with Crippen LogP contribution >= 0.6 is 0 Å². The Hall–Kier alpha value is -1.60. The van der Waals surface area contributed by atoms with Crippen LogP contribution in [0.2, 0.25) is 0 Å². The SMILES string of the molecule is CCCCOC(=O)NC(COS(C)(=O)=O)c1ccccc1. The van der Waals surface area contributed by atoms with Gasteiger partial charge in [0.1, 0.15) is 0 Å². The Morgan fingerprint density at radius 1 is 1.29 bits per heavy atom. The van der Waals surface area contributed by atoms with E-state index in [2.05, 4.69) is 5.32 Å². The van der Waals surface area contributed by atoms with E-state index in [1.807, 2.05) is 13.0 Å². The number of nitrogens with one attached hydrogen (secondary N) is 1. The van der Waals surface area contributed by atoms with Gasteiger partial charge in [-0.25, -0.2) is 4.79 Å². The molecule has 0 aliphatic rings. The molecule has 0 saturated carbocycles. The molecule has 0 aliphatic heterocycles. The van der Waals surface area contributed by atoms with Crippen LogP contribution in [0.25, 0.3) is 0 Å². The largest absolute Gasteiger partial charge is 0.450 e. The van der Waals surface area contributed by atoms with Gasteiger partial charge in [0.05, 0.1) is 25.5 Å². The highest BCUT2D eigenvalue weighted by atomic mass is 32.2. The van der Waals surface area contributed by atoms with E-state index in [9.17, 15) is 13.2 Å². The van der Waals surface area contributed by atoms with Crippen molar-refractivity contribution in [2.24, 2.45) is 0 Å². The zero-order valence-electron chi connectivity index (χ0n) is 12.2. The van der Waals surface area contributed by atoms with Crippen LogP contribution in [0.4, 0.5) is 4.79 Å². The van der Waals surface area contributed by atoms with E-state index < -0.39 is 22.3 Å². The van der Waals surface area contributed by atoms with Gasteiger partial charge in [0.2, 0.25) is 0 Å². The highest BCUT2D eigenvalue weighted by molar-refractivity contribution is 7.85. The smallest absolute Gasteiger partial charge is 0.407 e. The summed E-state index contributed by atoms with van der Waals surface area (Å²) in [5.74, 6) is 0. The molecule has 1 N–H and O–H groups in total. The zero-order valence-corrected chi connectivity index (χ0v) is 13.1. The number of carbonyl (C=O) groups is 1. The van der Waals surface area contributed by atoms with E-state index in [4.69, 9.17) is 8.92 Å². The third-order valence-corrected chi connectivity index (χ3v) is 3.24. The number of rotatable bonds is 8. The van der Waals surface area contributed by atoms with Crippen LogP contribution in [0.5, 0.6) is 0 Å². The van der Waals surface area contributed by atoms with Crippen molar-refractivity contribution in [3.05, 3.63) is 35.9 Å². The van der Waals surface area contributed by atoms with E-state index in [0.717, 1.165) is 24.7 Å².